The molecule has 0 bridgehead atoms. The molecule has 0 aromatic heterocycles. The zero-order chi connectivity index (χ0) is 17.8. The van der Waals surface area contributed by atoms with Crippen molar-refractivity contribution in [3.63, 3.8) is 0 Å². The highest BCUT2D eigenvalue weighted by Crippen LogP contribution is 2.29. The van der Waals surface area contributed by atoms with Crippen molar-refractivity contribution in [1.82, 2.24) is 10.6 Å². The van der Waals surface area contributed by atoms with Gasteiger partial charge in [0.15, 0.2) is 0 Å². The Bertz CT molecular complexity index is 695. The van der Waals surface area contributed by atoms with Gasteiger partial charge in [0.2, 0.25) is 0 Å². The van der Waals surface area contributed by atoms with E-state index in [1.165, 1.54) is 24.9 Å². The van der Waals surface area contributed by atoms with Crippen LogP contribution in [-0.4, -0.2) is 45.9 Å². The number of hydrogen-bond donors (Lipinski definition) is 3. The molecule has 1 fully saturated rings. The normalized spacial score (nSPS) is 20.9. The molecule has 2 aliphatic heterocycles. The highest BCUT2D eigenvalue weighted by molar-refractivity contribution is 5.95. The van der Waals surface area contributed by atoms with Crippen LogP contribution in [0.1, 0.15) is 24.4 Å². The van der Waals surface area contributed by atoms with Gasteiger partial charge >= 0.3 is 12.0 Å². The van der Waals surface area contributed by atoms with Crippen molar-refractivity contribution in [2.24, 2.45) is 0 Å². The van der Waals surface area contributed by atoms with Gasteiger partial charge in [-0.3, -0.25) is 0 Å². The van der Waals surface area contributed by atoms with Gasteiger partial charge in [-0.2, -0.15) is 0 Å². The van der Waals surface area contributed by atoms with Crippen molar-refractivity contribution in [3.05, 3.63) is 41.1 Å². The number of hydrogen-bond acceptors (Lipinski definition) is 4. The Balaban J connectivity index is 2.00. The Labute approximate surface area is 147 Å². The third-order valence-electron chi connectivity index (χ3n) is 4.72. The number of amides is 2. The van der Waals surface area contributed by atoms with Crippen LogP contribution in [0.15, 0.2) is 35.5 Å². The summed E-state index contributed by atoms with van der Waals surface area (Å²) in [5.74, 6) is 0.232. The van der Waals surface area contributed by atoms with Gasteiger partial charge in [0.05, 0.1) is 44.6 Å². The molecule has 134 valence electrons. The lowest BCUT2D eigenvalue weighted by Gasteiger charge is -2.30. The van der Waals surface area contributed by atoms with Gasteiger partial charge in [-0.25, -0.2) is 9.59 Å². The third kappa shape index (κ3) is 3.76. The van der Waals surface area contributed by atoms with E-state index in [0.29, 0.717) is 23.6 Å². The lowest BCUT2D eigenvalue weighted by molar-refractivity contribution is -0.882. The van der Waals surface area contributed by atoms with Crippen LogP contribution in [-0.2, 0) is 9.53 Å². The molecule has 1 atom stereocenters. The Morgan fingerprint density at radius 2 is 2.04 bits per heavy atom. The van der Waals surface area contributed by atoms with Crippen LogP contribution in [0.2, 0.25) is 0 Å². The summed E-state index contributed by atoms with van der Waals surface area (Å²) in [6.45, 7) is 2.70. The summed E-state index contributed by atoms with van der Waals surface area (Å²) >= 11 is 0. The summed E-state index contributed by atoms with van der Waals surface area (Å²) in [4.78, 5) is 26.0. The molecule has 25 heavy (non-hydrogen) atoms. The topological polar surface area (TPSA) is 81.1 Å². The van der Waals surface area contributed by atoms with Crippen molar-refractivity contribution in [2.45, 2.75) is 18.9 Å². The minimum absolute atomic E-state index is 0.311. The molecule has 1 aromatic rings. The lowest BCUT2D eigenvalue weighted by Crippen LogP contribution is -3.10. The van der Waals surface area contributed by atoms with Gasteiger partial charge in [0.1, 0.15) is 12.3 Å². The van der Waals surface area contributed by atoms with Gasteiger partial charge in [-0.1, -0.05) is 12.1 Å². The minimum Gasteiger partial charge on any atom is -0.497 e. The van der Waals surface area contributed by atoms with Crippen molar-refractivity contribution in [1.29, 1.82) is 0 Å². The number of urea groups is 1. The highest BCUT2D eigenvalue weighted by atomic mass is 16.5. The van der Waals surface area contributed by atoms with Crippen molar-refractivity contribution < 1.29 is 24.0 Å². The number of nitrogens with one attached hydrogen (secondary N) is 3. The second-order valence-electron chi connectivity index (χ2n) is 6.33. The fourth-order valence-electron chi connectivity index (χ4n) is 3.48. The molecule has 3 rings (SSSR count). The Morgan fingerprint density at radius 3 is 2.72 bits per heavy atom. The minimum atomic E-state index is -0.562. The number of benzene rings is 1. The van der Waals surface area contributed by atoms with Crippen LogP contribution in [0.3, 0.4) is 0 Å². The number of esters is 1. The second kappa shape index (κ2) is 7.57. The summed E-state index contributed by atoms with van der Waals surface area (Å²) in [5, 5.41) is 5.64. The monoisotopic (exact) mass is 346 g/mol. The average Bonchev–Trinajstić information content (AvgIpc) is 3.13. The van der Waals surface area contributed by atoms with Gasteiger partial charge in [0.25, 0.3) is 0 Å². The first-order chi connectivity index (χ1) is 12.1. The van der Waals surface area contributed by atoms with Gasteiger partial charge < -0.3 is 25.0 Å². The van der Waals surface area contributed by atoms with E-state index in [9.17, 15) is 9.59 Å². The Kier molecular flexibility index (Phi) is 5.23. The van der Waals surface area contributed by atoms with Crippen LogP contribution in [0, 0.1) is 0 Å². The highest BCUT2D eigenvalue weighted by Gasteiger charge is 2.35. The van der Waals surface area contributed by atoms with E-state index in [-0.39, 0.29) is 6.03 Å². The predicted molar refractivity (Wildman–Crippen MR) is 91.2 cm³/mol. The first kappa shape index (κ1) is 17.3. The molecule has 7 heteroatoms. The van der Waals surface area contributed by atoms with Crippen LogP contribution < -0.4 is 20.3 Å². The van der Waals surface area contributed by atoms with Crippen LogP contribution in [0.4, 0.5) is 4.79 Å². The molecule has 0 saturated carbocycles. The van der Waals surface area contributed by atoms with Crippen LogP contribution in [0.5, 0.6) is 5.75 Å². The fraction of sp³-hybridized carbons (Fsp3) is 0.444. The molecule has 7 nitrogen and oxygen atoms in total. The number of likely N-dealkylation sites (tertiary alicyclic amines) is 1. The molecule has 2 heterocycles. The number of methoxy groups -OCH3 is 2. The van der Waals surface area contributed by atoms with Crippen molar-refractivity contribution in [3.8, 4) is 5.75 Å². The second-order valence-corrected chi connectivity index (χ2v) is 6.33. The van der Waals surface area contributed by atoms with Crippen molar-refractivity contribution in [2.75, 3.05) is 33.9 Å². The van der Waals surface area contributed by atoms with E-state index < -0.39 is 12.0 Å². The van der Waals surface area contributed by atoms with E-state index in [0.717, 1.165) is 18.7 Å². The van der Waals surface area contributed by atoms with E-state index in [4.69, 9.17) is 9.47 Å². The molecular weight excluding hydrogens is 322 g/mol. The van der Waals surface area contributed by atoms with Gasteiger partial charge in [0, 0.05) is 12.8 Å². The average molecular weight is 346 g/mol. The van der Waals surface area contributed by atoms with Gasteiger partial charge in [-0.15, -0.1) is 0 Å². The molecule has 0 aliphatic carbocycles. The maximum absolute atomic E-state index is 12.5. The molecule has 1 aromatic carbocycles. The van der Waals surface area contributed by atoms with Crippen LogP contribution in [0.25, 0.3) is 0 Å². The molecule has 0 unspecified atom stereocenters. The fourth-order valence-corrected chi connectivity index (χ4v) is 3.48. The first-order valence-electron chi connectivity index (χ1n) is 8.48. The van der Waals surface area contributed by atoms with E-state index >= 15 is 0 Å². The van der Waals surface area contributed by atoms with E-state index in [1.54, 1.807) is 7.11 Å². The SMILES string of the molecule is COC(=O)C1=C(C[NH+]2CCCC2)NC(=O)N[C@@H]1c1cccc(OC)c1. The van der Waals surface area contributed by atoms with E-state index in [1.807, 2.05) is 24.3 Å². The molecule has 3 N–H and O–H groups in total. The standard InChI is InChI=1S/C18H23N3O4/c1-24-13-7-5-6-12(10-13)16-15(17(22)25-2)14(19-18(23)20-16)11-21-8-3-4-9-21/h5-7,10,16H,3-4,8-9,11H2,1-2H3,(H2,19,20,23)/p+1/t16-/m1/s1. The summed E-state index contributed by atoms with van der Waals surface area (Å²) < 4.78 is 10.3. The first-order valence-corrected chi connectivity index (χ1v) is 8.48. The summed E-state index contributed by atoms with van der Waals surface area (Å²) in [5.41, 5.74) is 1.87. The van der Waals surface area contributed by atoms with Crippen LogP contribution >= 0.6 is 0 Å². The summed E-state index contributed by atoms with van der Waals surface area (Å²) in [7, 11) is 2.94. The molecule has 2 aliphatic rings. The number of carbonyl (C=O) groups excluding carboxylic acids is 2. The predicted octanol–water partition coefficient (Wildman–Crippen LogP) is 0.155. The van der Waals surface area contributed by atoms with Gasteiger partial charge in [-0.05, 0) is 17.7 Å². The summed E-state index contributed by atoms with van der Waals surface area (Å²) in [6.07, 6.45) is 2.34. The molecule has 0 spiro atoms. The number of rotatable bonds is 5. The largest absolute Gasteiger partial charge is 0.497 e. The number of carbonyl (C=O) groups is 2. The molecule has 2 amide bonds. The molecule has 1 saturated heterocycles. The lowest BCUT2D eigenvalue weighted by atomic mass is 9.95. The number of quaternary nitrogens is 1. The summed E-state index contributed by atoms with van der Waals surface area (Å²) in [6, 6.07) is 6.47. The molecule has 0 radical (unpaired) electrons. The van der Waals surface area contributed by atoms with Crippen molar-refractivity contribution >= 4 is 12.0 Å². The molecular formula is C18H24N3O4+. The quantitative estimate of drug-likeness (QED) is 0.663. The Morgan fingerprint density at radius 1 is 1.28 bits per heavy atom. The zero-order valence-corrected chi connectivity index (χ0v) is 14.6. The van der Waals surface area contributed by atoms with E-state index in [2.05, 4.69) is 10.6 Å². The maximum atomic E-state index is 12.5. The zero-order valence-electron chi connectivity index (χ0n) is 14.6. The third-order valence-corrected chi connectivity index (χ3v) is 4.72. The Hall–Kier alpha value is -2.54. The number of ether oxygens (including phenoxy) is 2. The maximum Gasteiger partial charge on any atom is 0.338 e. The smallest absolute Gasteiger partial charge is 0.338 e.